The zero-order chi connectivity index (χ0) is 12.5. The molecule has 0 bridgehead atoms. The average Bonchev–Trinajstić information content (AvgIpc) is 2.29. The first-order chi connectivity index (χ1) is 8.04. The van der Waals surface area contributed by atoms with Crippen LogP contribution in [0.1, 0.15) is 12.0 Å². The summed E-state index contributed by atoms with van der Waals surface area (Å²) < 4.78 is 0. The molecule has 0 fully saturated rings. The molecule has 1 aliphatic rings. The summed E-state index contributed by atoms with van der Waals surface area (Å²) in [7, 11) is 4.00. The Morgan fingerprint density at radius 3 is 2.71 bits per heavy atom. The molecule has 0 amide bonds. The molecule has 4 N–H and O–H groups in total. The first-order valence-corrected chi connectivity index (χ1v) is 5.73. The largest absolute Gasteiger partial charge is 0.399 e. The maximum Gasteiger partial charge on any atom is 0.0986 e. The highest BCUT2D eigenvalue weighted by atomic mass is 15.2. The van der Waals surface area contributed by atoms with Crippen LogP contribution in [-0.2, 0) is 0 Å². The monoisotopic (exact) mass is 229 g/mol. The lowest BCUT2D eigenvalue weighted by molar-refractivity contribution is 0.227. The molecule has 0 aromatic heterocycles. The molecule has 1 aromatic carbocycles. The van der Waals surface area contributed by atoms with Crippen LogP contribution in [0.4, 0.5) is 5.69 Å². The van der Waals surface area contributed by atoms with Crippen molar-refractivity contribution in [1.29, 1.82) is 0 Å². The lowest BCUT2D eigenvalue weighted by atomic mass is 9.86. The summed E-state index contributed by atoms with van der Waals surface area (Å²) in [5, 5.41) is 0. The van der Waals surface area contributed by atoms with Crippen molar-refractivity contribution in [3.63, 3.8) is 0 Å². The highest BCUT2D eigenvalue weighted by Crippen LogP contribution is 2.33. The lowest BCUT2D eigenvalue weighted by Gasteiger charge is -2.39. The number of nitrogens with zero attached hydrogens (tertiary/aromatic N) is 1. The Kier molecular flexibility index (Phi) is 3.05. The zero-order valence-electron chi connectivity index (χ0n) is 10.4. The highest BCUT2D eigenvalue weighted by Gasteiger charge is 2.33. The Bertz CT molecular complexity index is 474. The normalized spacial score (nSPS) is 23.9. The predicted molar refractivity (Wildman–Crippen MR) is 73.2 cm³/mol. The van der Waals surface area contributed by atoms with Crippen molar-refractivity contribution in [2.45, 2.75) is 12.1 Å². The van der Waals surface area contributed by atoms with Crippen LogP contribution < -0.4 is 11.5 Å². The van der Waals surface area contributed by atoms with Gasteiger partial charge >= 0.3 is 0 Å². The van der Waals surface area contributed by atoms with Gasteiger partial charge in [-0.3, -0.25) is 4.90 Å². The molecule has 3 nitrogen and oxygen atoms in total. The summed E-state index contributed by atoms with van der Waals surface area (Å²) in [4.78, 5) is 2.05. The van der Waals surface area contributed by atoms with Crippen molar-refractivity contribution in [3.05, 3.63) is 48.1 Å². The molecule has 0 spiro atoms. The fourth-order valence-electron chi connectivity index (χ4n) is 2.14. The van der Waals surface area contributed by atoms with E-state index < -0.39 is 5.66 Å². The Balaban J connectivity index is 2.48. The predicted octanol–water partition coefficient (Wildman–Crippen LogP) is 1.83. The smallest absolute Gasteiger partial charge is 0.0986 e. The second-order valence-corrected chi connectivity index (χ2v) is 4.66. The van der Waals surface area contributed by atoms with E-state index in [4.69, 9.17) is 11.5 Å². The number of hydrogen-bond donors (Lipinski definition) is 2. The van der Waals surface area contributed by atoms with Crippen molar-refractivity contribution in [2.24, 2.45) is 5.73 Å². The molecule has 90 valence electrons. The van der Waals surface area contributed by atoms with Gasteiger partial charge in [0.2, 0.25) is 0 Å². The number of likely N-dealkylation sites (N-methyl/N-ethyl adjacent to an activating group) is 1. The molecule has 0 saturated heterocycles. The van der Waals surface area contributed by atoms with Crippen LogP contribution in [-0.4, -0.2) is 24.7 Å². The van der Waals surface area contributed by atoms with E-state index in [0.717, 1.165) is 23.2 Å². The fourth-order valence-corrected chi connectivity index (χ4v) is 2.14. The number of benzene rings is 1. The summed E-state index contributed by atoms with van der Waals surface area (Å²) >= 11 is 0. The van der Waals surface area contributed by atoms with Crippen LogP contribution in [0.15, 0.2) is 42.5 Å². The van der Waals surface area contributed by atoms with Gasteiger partial charge in [0.1, 0.15) is 0 Å². The van der Waals surface area contributed by atoms with Gasteiger partial charge in [-0.2, -0.15) is 0 Å². The minimum atomic E-state index is -0.456. The Morgan fingerprint density at radius 1 is 1.29 bits per heavy atom. The quantitative estimate of drug-likeness (QED) is 0.601. The maximum absolute atomic E-state index is 6.49. The van der Waals surface area contributed by atoms with Crippen LogP contribution in [0.5, 0.6) is 0 Å². The van der Waals surface area contributed by atoms with E-state index in [2.05, 4.69) is 12.2 Å². The van der Waals surface area contributed by atoms with Gasteiger partial charge < -0.3 is 11.5 Å². The Labute approximate surface area is 102 Å². The number of allylic oxidation sites excluding steroid dienone is 2. The number of anilines is 1. The molecular weight excluding hydrogens is 210 g/mol. The van der Waals surface area contributed by atoms with E-state index in [-0.39, 0.29) is 0 Å². The summed E-state index contributed by atoms with van der Waals surface area (Å²) in [6.45, 7) is 0. The first kappa shape index (κ1) is 11.9. The molecule has 1 aromatic rings. The van der Waals surface area contributed by atoms with Crippen LogP contribution in [0.2, 0.25) is 0 Å². The van der Waals surface area contributed by atoms with E-state index in [9.17, 15) is 0 Å². The molecule has 0 radical (unpaired) electrons. The molecular formula is C14H19N3. The van der Waals surface area contributed by atoms with Gasteiger partial charge in [-0.25, -0.2) is 0 Å². The molecule has 1 unspecified atom stereocenters. The standard InChI is InChI=1S/C14H19N3/c1-17(2)14(16)9-4-3-8-13(14)11-6-5-7-12(15)10-11/h3-8,10H,9,15-16H2,1-2H3. The van der Waals surface area contributed by atoms with E-state index in [1.54, 1.807) is 0 Å². The fraction of sp³-hybridized carbons (Fsp3) is 0.286. The third-order valence-electron chi connectivity index (χ3n) is 3.29. The van der Waals surface area contributed by atoms with E-state index in [1.807, 2.05) is 49.3 Å². The molecule has 1 aliphatic carbocycles. The summed E-state index contributed by atoms with van der Waals surface area (Å²) in [5.41, 5.74) is 14.8. The van der Waals surface area contributed by atoms with Gasteiger partial charge in [-0.1, -0.05) is 30.4 Å². The maximum atomic E-state index is 6.49. The van der Waals surface area contributed by atoms with Crippen molar-refractivity contribution in [2.75, 3.05) is 19.8 Å². The molecule has 2 rings (SSSR count). The van der Waals surface area contributed by atoms with Crippen molar-refractivity contribution >= 4 is 11.3 Å². The van der Waals surface area contributed by atoms with Crippen LogP contribution in [0, 0.1) is 0 Å². The minimum Gasteiger partial charge on any atom is -0.399 e. The van der Waals surface area contributed by atoms with E-state index in [1.165, 1.54) is 0 Å². The third-order valence-corrected chi connectivity index (χ3v) is 3.29. The molecule has 0 heterocycles. The zero-order valence-corrected chi connectivity index (χ0v) is 10.4. The second-order valence-electron chi connectivity index (χ2n) is 4.66. The number of nitrogens with two attached hydrogens (primary N) is 2. The second kappa shape index (κ2) is 4.35. The van der Waals surface area contributed by atoms with Crippen LogP contribution in [0.25, 0.3) is 5.57 Å². The van der Waals surface area contributed by atoms with E-state index >= 15 is 0 Å². The SMILES string of the molecule is CN(C)C1(N)CC=CC=C1c1cccc(N)c1. The molecule has 1 atom stereocenters. The molecule has 17 heavy (non-hydrogen) atoms. The summed E-state index contributed by atoms with van der Waals surface area (Å²) in [6, 6.07) is 7.86. The Morgan fingerprint density at radius 2 is 2.06 bits per heavy atom. The van der Waals surface area contributed by atoms with Crippen molar-refractivity contribution in [3.8, 4) is 0 Å². The summed E-state index contributed by atoms with van der Waals surface area (Å²) in [5.74, 6) is 0. The van der Waals surface area contributed by atoms with Crippen molar-refractivity contribution in [1.82, 2.24) is 4.90 Å². The van der Waals surface area contributed by atoms with Gasteiger partial charge in [0.25, 0.3) is 0 Å². The third kappa shape index (κ3) is 2.12. The number of hydrogen-bond acceptors (Lipinski definition) is 3. The van der Waals surface area contributed by atoms with Crippen LogP contribution >= 0.6 is 0 Å². The lowest BCUT2D eigenvalue weighted by Crippen LogP contribution is -2.53. The summed E-state index contributed by atoms with van der Waals surface area (Å²) in [6.07, 6.45) is 7.02. The van der Waals surface area contributed by atoms with Gasteiger partial charge in [0.15, 0.2) is 0 Å². The number of nitrogen functional groups attached to an aromatic ring is 1. The average molecular weight is 229 g/mol. The molecule has 0 saturated carbocycles. The first-order valence-electron chi connectivity index (χ1n) is 5.73. The van der Waals surface area contributed by atoms with Crippen molar-refractivity contribution < 1.29 is 0 Å². The van der Waals surface area contributed by atoms with Crippen LogP contribution in [0.3, 0.4) is 0 Å². The minimum absolute atomic E-state index is 0.456. The highest BCUT2D eigenvalue weighted by molar-refractivity contribution is 5.76. The van der Waals surface area contributed by atoms with Gasteiger partial charge in [0, 0.05) is 12.1 Å². The molecule has 3 heteroatoms. The Hall–Kier alpha value is -1.58. The van der Waals surface area contributed by atoms with Gasteiger partial charge in [-0.05, 0) is 37.4 Å². The molecule has 0 aliphatic heterocycles. The van der Waals surface area contributed by atoms with Gasteiger partial charge in [-0.15, -0.1) is 0 Å². The van der Waals surface area contributed by atoms with E-state index in [0.29, 0.717) is 0 Å². The topological polar surface area (TPSA) is 55.3 Å². The van der Waals surface area contributed by atoms with Gasteiger partial charge in [0.05, 0.1) is 5.66 Å². The number of rotatable bonds is 2.